The fourth-order valence-electron chi connectivity index (χ4n) is 3.91. The molecule has 0 spiro atoms. The smallest absolute Gasteiger partial charge is 0.194 e. The molecule has 7 heteroatoms. The van der Waals surface area contributed by atoms with E-state index in [1.54, 1.807) is 13.2 Å². The number of hydrogen-bond acceptors (Lipinski definition) is 3. The van der Waals surface area contributed by atoms with Crippen molar-refractivity contribution in [3.8, 4) is 5.75 Å². The maximum absolute atomic E-state index is 14.0. The van der Waals surface area contributed by atoms with Gasteiger partial charge in [-0.1, -0.05) is 18.2 Å². The topological polar surface area (TPSA) is 40.1 Å². The Morgan fingerprint density at radius 2 is 1.76 bits per heavy atom. The van der Waals surface area contributed by atoms with E-state index >= 15 is 0 Å². The summed E-state index contributed by atoms with van der Waals surface area (Å²) < 4.78 is 19.2. The molecule has 2 fully saturated rings. The van der Waals surface area contributed by atoms with Gasteiger partial charge in [-0.05, 0) is 42.3 Å². The van der Waals surface area contributed by atoms with Crippen molar-refractivity contribution in [2.24, 2.45) is 4.99 Å². The van der Waals surface area contributed by atoms with Gasteiger partial charge in [0, 0.05) is 50.9 Å². The van der Waals surface area contributed by atoms with E-state index in [0.717, 1.165) is 49.9 Å². The molecule has 2 atom stereocenters. The maximum atomic E-state index is 14.0. The molecule has 156 valence electrons. The first-order valence-electron chi connectivity index (χ1n) is 9.81. The molecule has 2 aromatic carbocycles. The van der Waals surface area contributed by atoms with Crippen LogP contribution in [0.2, 0.25) is 0 Å². The van der Waals surface area contributed by atoms with Crippen molar-refractivity contribution >= 4 is 35.6 Å². The lowest BCUT2D eigenvalue weighted by atomic mass is 10.1. The number of rotatable bonds is 4. The van der Waals surface area contributed by atoms with Gasteiger partial charge in [-0.25, -0.2) is 4.39 Å². The van der Waals surface area contributed by atoms with Crippen molar-refractivity contribution < 1.29 is 9.13 Å². The molecule has 0 aromatic heterocycles. The number of hydrogen-bond donors (Lipinski definition) is 1. The standard InChI is InChI=1S/C22H27FN4O.HI/c1-24-22(25-21-15-19(21)18-5-3-4-6-20(18)23)27-13-11-26(12-14-27)16-7-9-17(28-2)10-8-16;/h3-10,19,21H,11-15H2,1-2H3,(H,24,25);1H. The Morgan fingerprint density at radius 1 is 1.07 bits per heavy atom. The quantitative estimate of drug-likeness (QED) is 0.387. The van der Waals surface area contributed by atoms with E-state index in [0.29, 0.717) is 0 Å². The van der Waals surface area contributed by atoms with E-state index in [4.69, 9.17) is 4.74 Å². The molecule has 4 rings (SSSR count). The van der Waals surface area contributed by atoms with Gasteiger partial charge in [0.2, 0.25) is 0 Å². The summed E-state index contributed by atoms with van der Waals surface area (Å²) in [6, 6.07) is 15.5. The molecule has 1 saturated heterocycles. The first-order valence-corrected chi connectivity index (χ1v) is 9.81. The normalized spacial score (nSPS) is 21.4. The van der Waals surface area contributed by atoms with Crippen molar-refractivity contribution in [3.63, 3.8) is 0 Å². The SMILES string of the molecule is CN=C(NC1CC1c1ccccc1F)N1CCN(c2ccc(OC)cc2)CC1.I. The molecule has 1 N–H and O–H groups in total. The van der Waals surface area contributed by atoms with Crippen LogP contribution in [-0.4, -0.2) is 57.2 Å². The predicted octanol–water partition coefficient (Wildman–Crippen LogP) is 3.71. The van der Waals surface area contributed by atoms with Crippen LogP contribution in [0.5, 0.6) is 5.75 Å². The second-order valence-electron chi connectivity index (χ2n) is 7.33. The van der Waals surface area contributed by atoms with Crippen molar-refractivity contribution in [1.82, 2.24) is 10.2 Å². The highest BCUT2D eigenvalue weighted by atomic mass is 127. The van der Waals surface area contributed by atoms with Crippen LogP contribution in [-0.2, 0) is 0 Å². The molecule has 1 heterocycles. The number of guanidine groups is 1. The number of aliphatic imine (C=N–C) groups is 1. The van der Waals surface area contributed by atoms with E-state index in [1.165, 1.54) is 11.8 Å². The minimum Gasteiger partial charge on any atom is -0.497 e. The van der Waals surface area contributed by atoms with Crippen molar-refractivity contribution in [2.45, 2.75) is 18.4 Å². The second kappa shape index (κ2) is 9.65. The van der Waals surface area contributed by atoms with Gasteiger partial charge in [0.15, 0.2) is 5.96 Å². The van der Waals surface area contributed by atoms with E-state index in [9.17, 15) is 4.39 Å². The molecular formula is C22H28FIN4O. The zero-order valence-electron chi connectivity index (χ0n) is 16.8. The lowest BCUT2D eigenvalue weighted by Crippen LogP contribution is -2.53. The first-order chi connectivity index (χ1) is 13.7. The van der Waals surface area contributed by atoms with Crippen LogP contribution in [0, 0.1) is 5.82 Å². The first kappa shape index (κ1) is 21.7. The minimum atomic E-state index is -0.111. The Bertz CT molecular complexity index is 837. The summed E-state index contributed by atoms with van der Waals surface area (Å²) in [7, 11) is 3.50. The minimum absolute atomic E-state index is 0. The maximum Gasteiger partial charge on any atom is 0.194 e. The molecular weight excluding hydrogens is 482 g/mol. The molecule has 5 nitrogen and oxygen atoms in total. The Morgan fingerprint density at radius 3 is 2.38 bits per heavy atom. The van der Waals surface area contributed by atoms with Gasteiger partial charge in [-0.2, -0.15) is 0 Å². The monoisotopic (exact) mass is 510 g/mol. The number of benzene rings is 2. The van der Waals surface area contributed by atoms with Crippen LogP contribution in [0.25, 0.3) is 0 Å². The fraction of sp³-hybridized carbons (Fsp3) is 0.409. The Labute approximate surface area is 189 Å². The summed E-state index contributed by atoms with van der Waals surface area (Å²) in [6.07, 6.45) is 0.950. The van der Waals surface area contributed by atoms with Crippen molar-refractivity contribution in [3.05, 3.63) is 59.9 Å². The summed E-state index contributed by atoms with van der Waals surface area (Å²) >= 11 is 0. The van der Waals surface area contributed by atoms with Crippen LogP contribution in [0.15, 0.2) is 53.5 Å². The molecule has 2 aliphatic rings. The third-order valence-electron chi connectivity index (χ3n) is 5.64. The number of ether oxygens (including phenoxy) is 1. The molecule has 1 aliphatic carbocycles. The van der Waals surface area contributed by atoms with Crippen LogP contribution in [0.1, 0.15) is 17.9 Å². The number of anilines is 1. The molecule has 0 amide bonds. The number of methoxy groups -OCH3 is 1. The molecule has 2 aromatic rings. The lowest BCUT2D eigenvalue weighted by molar-refractivity contribution is 0.372. The highest BCUT2D eigenvalue weighted by molar-refractivity contribution is 14.0. The summed E-state index contributed by atoms with van der Waals surface area (Å²) in [6.45, 7) is 3.69. The highest BCUT2D eigenvalue weighted by Crippen LogP contribution is 2.41. The molecule has 1 aliphatic heterocycles. The number of nitrogens with one attached hydrogen (secondary N) is 1. The average Bonchev–Trinajstić information content (AvgIpc) is 3.51. The van der Waals surface area contributed by atoms with Gasteiger partial charge in [0.05, 0.1) is 7.11 Å². The largest absolute Gasteiger partial charge is 0.497 e. The van der Waals surface area contributed by atoms with E-state index in [1.807, 2.05) is 31.3 Å². The summed E-state index contributed by atoms with van der Waals surface area (Å²) in [5.74, 6) is 1.91. The van der Waals surface area contributed by atoms with E-state index < -0.39 is 0 Å². The third kappa shape index (κ3) is 4.94. The zero-order chi connectivity index (χ0) is 19.5. The molecule has 0 radical (unpaired) electrons. The lowest BCUT2D eigenvalue weighted by Gasteiger charge is -2.37. The third-order valence-corrected chi connectivity index (χ3v) is 5.64. The molecule has 2 unspecified atom stereocenters. The van der Waals surface area contributed by atoms with E-state index in [-0.39, 0.29) is 41.8 Å². The van der Waals surface area contributed by atoms with Crippen LogP contribution >= 0.6 is 24.0 Å². The fourth-order valence-corrected chi connectivity index (χ4v) is 3.91. The van der Waals surface area contributed by atoms with E-state index in [2.05, 4.69) is 32.2 Å². The molecule has 0 bridgehead atoms. The second-order valence-corrected chi connectivity index (χ2v) is 7.33. The van der Waals surface area contributed by atoms with Gasteiger partial charge in [-0.15, -0.1) is 24.0 Å². The Balaban J connectivity index is 0.00000240. The highest BCUT2D eigenvalue weighted by Gasteiger charge is 2.41. The van der Waals surface area contributed by atoms with Crippen molar-refractivity contribution in [2.75, 3.05) is 45.2 Å². The predicted molar refractivity (Wildman–Crippen MR) is 126 cm³/mol. The molecule has 1 saturated carbocycles. The number of nitrogens with zero attached hydrogens (tertiary/aromatic N) is 3. The van der Waals surface area contributed by atoms with Gasteiger partial charge in [-0.3, -0.25) is 4.99 Å². The summed E-state index contributed by atoms with van der Waals surface area (Å²) in [5, 5.41) is 3.53. The van der Waals surface area contributed by atoms with Gasteiger partial charge < -0.3 is 19.9 Å². The van der Waals surface area contributed by atoms with Crippen molar-refractivity contribution in [1.29, 1.82) is 0 Å². The summed E-state index contributed by atoms with van der Waals surface area (Å²) in [4.78, 5) is 9.13. The average molecular weight is 510 g/mol. The number of halogens is 2. The van der Waals surface area contributed by atoms with Crippen LogP contribution < -0.4 is 15.0 Å². The number of piperazine rings is 1. The van der Waals surface area contributed by atoms with Crippen LogP contribution in [0.4, 0.5) is 10.1 Å². The zero-order valence-corrected chi connectivity index (χ0v) is 19.2. The van der Waals surface area contributed by atoms with Gasteiger partial charge in [0.1, 0.15) is 11.6 Å². The van der Waals surface area contributed by atoms with Crippen LogP contribution in [0.3, 0.4) is 0 Å². The van der Waals surface area contributed by atoms with Gasteiger partial charge in [0.25, 0.3) is 0 Å². The Hall–Kier alpha value is -2.03. The Kier molecular flexibility index (Phi) is 7.21. The molecule has 29 heavy (non-hydrogen) atoms. The van der Waals surface area contributed by atoms with Gasteiger partial charge >= 0.3 is 0 Å². The summed E-state index contributed by atoms with van der Waals surface area (Å²) in [5.41, 5.74) is 2.02.